The van der Waals surface area contributed by atoms with Crippen LogP contribution in [-0.4, -0.2) is 30.3 Å². The molecule has 0 radical (unpaired) electrons. The van der Waals surface area contributed by atoms with Crippen LogP contribution in [0.1, 0.15) is 26.7 Å². The number of rotatable bonds is 6. The van der Waals surface area contributed by atoms with Crippen molar-refractivity contribution in [3.05, 3.63) is 0 Å². The molecule has 1 atom stereocenters. The average molecular weight is 204 g/mol. The number of halogens is 1. The van der Waals surface area contributed by atoms with Gasteiger partial charge in [0.1, 0.15) is 6.29 Å². The van der Waals surface area contributed by atoms with Crippen molar-refractivity contribution in [3.63, 3.8) is 0 Å². The van der Waals surface area contributed by atoms with Crippen LogP contribution in [0, 0.1) is 0 Å². The van der Waals surface area contributed by atoms with Gasteiger partial charge in [-0.3, -0.25) is 4.79 Å². The number of ketones is 1. The molecule has 0 saturated carbocycles. The van der Waals surface area contributed by atoms with Crippen molar-refractivity contribution in [3.8, 4) is 0 Å². The fraction of sp³-hybridized carbons (Fsp3) is 0.667. The number of alkyl halides is 1. The zero-order valence-electron chi connectivity index (χ0n) is 8.21. The lowest BCUT2D eigenvalue weighted by Crippen LogP contribution is -2.42. The summed E-state index contributed by atoms with van der Waals surface area (Å²) in [6, 6.07) is 0. The van der Waals surface area contributed by atoms with Crippen molar-refractivity contribution in [1.82, 2.24) is 0 Å². The van der Waals surface area contributed by atoms with E-state index in [4.69, 9.17) is 0 Å². The SMILES string of the molecule is CCOC(=O)C(F)(CCC=O)C(C)=O. The largest absolute Gasteiger partial charge is 0.463 e. The highest BCUT2D eigenvalue weighted by Crippen LogP contribution is 2.21. The zero-order valence-corrected chi connectivity index (χ0v) is 8.21. The monoisotopic (exact) mass is 204 g/mol. The minimum Gasteiger partial charge on any atom is -0.463 e. The highest BCUT2D eigenvalue weighted by molar-refractivity contribution is 6.06. The Morgan fingerprint density at radius 3 is 2.43 bits per heavy atom. The van der Waals surface area contributed by atoms with Gasteiger partial charge in [-0.25, -0.2) is 9.18 Å². The van der Waals surface area contributed by atoms with Gasteiger partial charge in [-0.05, 0) is 13.8 Å². The van der Waals surface area contributed by atoms with Crippen molar-refractivity contribution in [1.29, 1.82) is 0 Å². The first-order valence-corrected chi connectivity index (χ1v) is 4.29. The Labute approximate surface area is 81.4 Å². The molecule has 0 aromatic heterocycles. The topological polar surface area (TPSA) is 60.4 Å². The van der Waals surface area contributed by atoms with Gasteiger partial charge in [0.05, 0.1) is 6.61 Å². The summed E-state index contributed by atoms with van der Waals surface area (Å²) >= 11 is 0. The van der Waals surface area contributed by atoms with Gasteiger partial charge < -0.3 is 9.53 Å². The Hall–Kier alpha value is -1.26. The van der Waals surface area contributed by atoms with E-state index in [1.54, 1.807) is 0 Å². The number of carbonyl (C=O) groups excluding carboxylic acids is 3. The van der Waals surface area contributed by atoms with Crippen molar-refractivity contribution in [2.75, 3.05) is 6.61 Å². The standard InChI is InChI=1S/C9H13FO4/c1-3-14-8(13)9(10,7(2)12)5-4-6-11/h6H,3-5H2,1-2H3. The van der Waals surface area contributed by atoms with E-state index in [1.165, 1.54) is 6.92 Å². The Bertz CT molecular complexity index is 239. The quantitative estimate of drug-likeness (QED) is 0.365. The Morgan fingerprint density at radius 1 is 1.50 bits per heavy atom. The summed E-state index contributed by atoms with van der Waals surface area (Å²) in [5.74, 6) is -2.15. The number of esters is 1. The van der Waals surface area contributed by atoms with E-state index in [9.17, 15) is 18.8 Å². The van der Waals surface area contributed by atoms with Gasteiger partial charge >= 0.3 is 5.97 Å². The number of aldehydes is 1. The Balaban J connectivity index is 4.61. The van der Waals surface area contributed by atoms with E-state index in [0.29, 0.717) is 6.29 Å². The van der Waals surface area contributed by atoms with Gasteiger partial charge in [-0.2, -0.15) is 0 Å². The Kier molecular flexibility index (Phi) is 4.97. The normalized spacial score (nSPS) is 14.2. The summed E-state index contributed by atoms with van der Waals surface area (Å²) in [4.78, 5) is 32.0. The summed E-state index contributed by atoms with van der Waals surface area (Å²) in [5, 5.41) is 0. The molecule has 0 aliphatic carbocycles. The molecule has 0 aliphatic heterocycles. The third-order valence-corrected chi connectivity index (χ3v) is 1.76. The molecule has 5 heteroatoms. The molecule has 0 bridgehead atoms. The number of hydrogen-bond donors (Lipinski definition) is 0. The molecule has 0 aromatic rings. The number of hydrogen-bond acceptors (Lipinski definition) is 4. The van der Waals surface area contributed by atoms with E-state index >= 15 is 0 Å². The van der Waals surface area contributed by atoms with Crippen LogP contribution in [0.4, 0.5) is 4.39 Å². The van der Waals surface area contributed by atoms with Crippen LogP contribution in [0.3, 0.4) is 0 Å². The lowest BCUT2D eigenvalue weighted by molar-refractivity contribution is -0.162. The third-order valence-electron chi connectivity index (χ3n) is 1.76. The molecule has 0 amide bonds. The first-order chi connectivity index (χ1) is 6.49. The van der Waals surface area contributed by atoms with Crippen LogP contribution in [0.2, 0.25) is 0 Å². The van der Waals surface area contributed by atoms with Crippen LogP contribution < -0.4 is 0 Å². The number of carbonyl (C=O) groups is 3. The average Bonchev–Trinajstić information content (AvgIpc) is 2.14. The van der Waals surface area contributed by atoms with Crippen LogP contribution >= 0.6 is 0 Å². The van der Waals surface area contributed by atoms with Crippen LogP contribution in [0.25, 0.3) is 0 Å². The van der Waals surface area contributed by atoms with E-state index in [2.05, 4.69) is 4.74 Å². The molecule has 0 aliphatic rings. The summed E-state index contributed by atoms with van der Waals surface area (Å²) in [7, 11) is 0. The van der Waals surface area contributed by atoms with E-state index in [0.717, 1.165) is 6.92 Å². The predicted octanol–water partition coefficient (Wildman–Crippen LogP) is 0.826. The molecule has 0 saturated heterocycles. The molecule has 0 rings (SSSR count). The highest BCUT2D eigenvalue weighted by Gasteiger charge is 2.44. The van der Waals surface area contributed by atoms with Gasteiger partial charge in [0, 0.05) is 12.8 Å². The van der Waals surface area contributed by atoms with Crippen molar-refractivity contribution >= 4 is 18.0 Å². The smallest absolute Gasteiger partial charge is 0.351 e. The number of Topliss-reactive ketones (excluding diaryl/α,β-unsaturated/α-hetero) is 1. The predicted molar refractivity (Wildman–Crippen MR) is 46.5 cm³/mol. The fourth-order valence-corrected chi connectivity index (χ4v) is 0.925. The number of ether oxygens (including phenoxy) is 1. The molecule has 4 nitrogen and oxygen atoms in total. The molecule has 14 heavy (non-hydrogen) atoms. The van der Waals surface area contributed by atoms with E-state index in [1.807, 2.05) is 0 Å². The molecular formula is C9H13FO4. The summed E-state index contributed by atoms with van der Waals surface area (Å²) in [6.07, 6.45) is -0.184. The van der Waals surface area contributed by atoms with Crippen LogP contribution in [0.5, 0.6) is 0 Å². The summed E-state index contributed by atoms with van der Waals surface area (Å²) in [5.41, 5.74) is -2.67. The van der Waals surface area contributed by atoms with Gasteiger partial charge in [0.2, 0.25) is 0 Å². The van der Waals surface area contributed by atoms with Gasteiger partial charge in [0.15, 0.2) is 5.78 Å². The molecule has 0 aromatic carbocycles. The van der Waals surface area contributed by atoms with Crippen molar-refractivity contribution in [2.45, 2.75) is 32.4 Å². The minimum atomic E-state index is -2.67. The lowest BCUT2D eigenvalue weighted by Gasteiger charge is -2.18. The minimum absolute atomic E-state index is 0.00112. The summed E-state index contributed by atoms with van der Waals surface area (Å²) in [6.45, 7) is 2.47. The molecular weight excluding hydrogens is 191 g/mol. The van der Waals surface area contributed by atoms with E-state index < -0.39 is 23.8 Å². The highest BCUT2D eigenvalue weighted by atomic mass is 19.1. The maximum atomic E-state index is 13.7. The van der Waals surface area contributed by atoms with Gasteiger partial charge in [-0.1, -0.05) is 0 Å². The van der Waals surface area contributed by atoms with Gasteiger partial charge in [0.25, 0.3) is 5.67 Å². The first-order valence-electron chi connectivity index (χ1n) is 4.29. The van der Waals surface area contributed by atoms with Crippen LogP contribution in [-0.2, 0) is 19.1 Å². The first kappa shape index (κ1) is 12.7. The molecule has 0 spiro atoms. The third kappa shape index (κ3) is 2.90. The van der Waals surface area contributed by atoms with Crippen LogP contribution in [0.15, 0.2) is 0 Å². The van der Waals surface area contributed by atoms with E-state index in [-0.39, 0.29) is 13.0 Å². The molecule has 0 N–H and O–H groups in total. The fourth-order valence-electron chi connectivity index (χ4n) is 0.925. The molecule has 80 valence electrons. The van der Waals surface area contributed by atoms with Gasteiger partial charge in [-0.15, -0.1) is 0 Å². The Morgan fingerprint density at radius 2 is 2.07 bits per heavy atom. The second-order valence-electron chi connectivity index (χ2n) is 2.78. The second kappa shape index (κ2) is 5.47. The zero-order chi connectivity index (χ0) is 11.2. The maximum absolute atomic E-state index is 13.7. The molecule has 1 unspecified atom stereocenters. The summed E-state index contributed by atoms with van der Waals surface area (Å²) < 4.78 is 18.1. The lowest BCUT2D eigenvalue weighted by atomic mass is 9.96. The van der Waals surface area contributed by atoms with Crippen molar-refractivity contribution in [2.24, 2.45) is 0 Å². The molecule has 0 heterocycles. The maximum Gasteiger partial charge on any atom is 0.351 e. The second-order valence-corrected chi connectivity index (χ2v) is 2.78. The van der Waals surface area contributed by atoms with Crippen molar-refractivity contribution < 1.29 is 23.5 Å². The molecule has 0 fully saturated rings.